The molecule has 2 heterocycles. The number of esters is 1. The fourth-order valence-corrected chi connectivity index (χ4v) is 6.45. The van der Waals surface area contributed by atoms with E-state index in [2.05, 4.69) is 4.74 Å². The molecular weight excluding hydrogens is 428 g/mol. The summed E-state index contributed by atoms with van der Waals surface area (Å²) in [5.74, 6) is -1.67. The molecule has 0 N–H and O–H groups in total. The minimum absolute atomic E-state index is 0.110. The van der Waals surface area contributed by atoms with Crippen LogP contribution in [0.5, 0.6) is 0 Å². The van der Waals surface area contributed by atoms with Gasteiger partial charge in [-0.05, 0) is 56.5 Å². The summed E-state index contributed by atoms with van der Waals surface area (Å²) in [5.41, 5.74) is -0.398. The van der Waals surface area contributed by atoms with E-state index in [0.717, 1.165) is 20.5 Å². The van der Waals surface area contributed by atoms with Crippen molar-refractivity contribution < 1.29 is 27.5 Å². The Morgan fingerprint density at radius 2 is 1.80 bits per heavy atom. The fourth-order valence-electron chi connectivity index (χ4n) is 3.44. The molecule has 0 radical (unpaired) electrons. The van der Waals surface area contributed by atoms with E-state index < -0.39 is 39.4 Å². The highest BCUT2D eigenvalue weighted by Gasteiger charge is 2.50. The van der Waals surface area contributed by atoms with Gasteiger partial charge in [-0.2, -0.15) is 4.31 Å². The van der Waals surface area contributed by atoms with Gasteiger partial charge in [0, 0.05) is 5.54 Å². The van der Waals surface area contributed by atoms with E-state index in [1.165, 1.54) is 37.4 Å². The molecule has 1 aromatic carbocycles. The maximum Gasteiger partial charge on any atom is 0.337 e. The van der Waals surface area contributed by atoms with E-state index >= 15 is 0 Å². The number of anilines is 1. The lowest BCUT2D eigenvalue weighted by atomic mass is 10.1. The number of carbonyl (C=O) groups excluding carboxylic acids is 3. The fraction of sp³-hybridized carbons (Fsp3) is 0.350. The number of imide groups is 1. The lowest BCUT2D eigenvalue weighted by molar-refractivity contribution is -0.122. The maximum absolute atomic E-state index is 13.3. The second kappa shape index (κ2) is 7.93. The quantitative estimate of drug-likeness (QED) is 0.513. The number of methoxy groups -OCH3 is 1. The van der Waals surface area contributed by atoms with Crippen LogP contribution < -0.4 is 4.90 Å². The molecule has 2 amide bonds. The summed E-state index contributed by atoms with van der Waals surface area (Å²) in [7, 11) is -2.74. The zero-order chi connectivity index (χ0) is 22.3. The lowest BCUT2D eigenvalue weighted by Crippen LogP contribution is -2.54. The van der Waals surface area contributed by atoms with Gasteiger partial charge in [0.25, 0.3) is 15.9 Å². The van der Waals surface area contributed by atoms with Crippen LogP contribution in [0.25, 0.3) is 0 Å². The van der Waals surface area contributed by atoms with E-state index in [0.29, 0.717) is 0 Å². The van der Waals surface area contributed by atoms with E-state index in [-0.39, 0.29) is 21.9 Å². The van der Waals surface area contributed by atoms with Crippen molar-refractivity contribution >= 4 is 44.8 Å². The van der Waals surface area contributed by atoms with Crippen LogP contribution in [0.15, 0.2) is 46.0 Å². The predicted octanol–water partition coefficient (Wildman–Crippen LogP) is 2.66. The van der Waals surface area contributed by atoms with Crippen molar-refractivity contribution in [3.05, 3.63) is 47.3 Å². The molecule has 0 spiro atoms. The van der Waals surface area contributed by atoms with Gasteiger partial charge in [-0.1, -0.05) is 6.07 Å². The van der Waals surface area contributed by atoms with Crippen molar-refractivity contribution in [1.29, 1.82) is 0 Å². The molecule has 30 heavy (non-hydrogen) atoms. The first-order valence-electron chi connectivity index (χ1n) is 9.11. The van der Waals surface area contributed by atoms with E-state index in [9.17, 15) is 22.8 Å². The van der Waals surface area contributed by atoms with Crippen molar-refractivity contribution in [2.45, 2.75) is 43.0 Å². The molecule has 1 unspecified atom stereocenters. The molecule has 1 aliphatic heterocycles. The number of hydrogen-bond donors (Lipinski definition) is 0. The van der Waals surface area contributed by atoms with Gasteiger partial charge in [0.15, 0.2) is 0 Å². The molecule has 3 rings (SSSR count). The minimum Gasteiger partial charge on any atom is -0.465 e. The third kappa shape index (κ3) is 3.90. The normalized spacial score (nSPS) is 17.6. The van der Waals surface area contributed by atoms with Crippen LogP contribution in [0.1, 0.15) is 37.6 Å². The van der Waals surface area contributed by atoms with Crippen molar-refractivity contribution in [3.63, 3.8) is 0 Å². The topological polar surface area (TPSA) is 101 Å². The number of amides is 2. The Labute approximate surface area is 179 Å². The summed E-state index contributed by atoms with van der Waals surface area (Å²) in [6, 6.07) is 7.74. The predicted molar refractivity (Wildman–Crippen MR) is 112 cm³/mol. The SMILES string of the molecule is COC(=O)c1ccc(N2C(=O)CC(N(C(C)(C)C)S(=O)(=O)c3cccs3)C2=O)cc1. The number of sulfonamides is 1. The second-order valence-corrected chi connectivity index (χ2v) is 10.7. The number of nitrogens with zero attached hydrogens (tertiary/aromatic N) is 2. The van der Waals surface area contributed by atoms with Crippen LogP contribution in [0.3, 0.4) is 0 Å². The smallest absolute Gasteiger partial charge is 0.337 e. The van der Waals surface area contributed by atoms with E-state index in [1.54, 1.807) is 32.2 Å². The zero-order valence-corrected chi connectivity index (χ0v) is 18.6. The molecule has 0 bridgehead atoms. The highest BCUT2D eigenvalue weighted by Crippen LogP contribution is 2.35. The average molecular weight is 451 g/mol. The average Bonchev–Trinajstić information content (AvgIpc) is 3.30. The lowest BCUT2D eigenvalue weighted by Gasteiger charge is -2.37. The zero-order valence-electron chi connectivity index (χ0n) is 17.0. The van der Waals surface area contributed by atoms with Crippen LogP contribution in [-0.2, 0) is 24.3 Å². The first-order chi connectivity index (χ1) is 14.0. The summed E-state index contributed by atoms with van der Waals surface area (Å²) < 4.78 is 32.4. The molecule has 1 fully saturated rings. The summed E-state index contributed by atoms with van der Waals surface area (Å²) in [6.07, 6.45) is -0.264. The molecule has 10 heteroatoms. The van der Waals surface area contributed by atoms with Crippen molar-refractivity contribution in [2.24, 2.45) is 0 Å². The number of carbonyl (C=O) groups is 3. The molecule has 1 saturated heterocycles. The molecule has 0 aliphatic carbocycles. The molecule has 2 aromatic rings. The van der Waals surface area contributed by atoms with E-state index in [1.807, 2.05) is 0 Å². The summed E-state index contributed by atoms with van der Waals surface area (Å²) in [6.45, 7) is 5.05. The summed E-state index contributed by atoms with van der Waals surface area (Å²) in [4.78, 5) is 38.5. The van der Waals surface area contributed by atoms with Gasteiger partial charge in [-0.15, -0.1) is 11.3 Å². The Hall–Kier alpha value is -2.56. The molecule has 1 atom stereocenters. The van der Waals surface area contributed by atoms with Gasteiger partial charge >= 0.3 is 5.97 Å². The maximum atomic E-state index is 13.3. The first-order valence-corrected chi connectivity index (χ1v) is 11.4. The van der Waals surface area contributed by atoms with Crippen molar-refractivity contribution in [2.75, 3.05) is 12.0 Å². The summed E-state index contributed by atoms with van der Waals surface area (Å²) in [5, 5.41) is 1.64. The Morgan fingerprint density at radius 3 is 2.30 bits per heavy atom. The molecule has 0 saturated carbocycles. The van der Waals surface area contributed by atoms with Gasteiger partial charge in [0.05, 0.1) is 24.8 Å². The van der Waals surface area contributed by atoms with Gasteiger partial charge in [0.2, 0.25) is 5.91 Å². The highest BCUT2D eigenvalue weighted by molar-refractivity contribution is 7.91. The Bertz CT molecular complexity index is 1070. The minimum atomic E-state index is -3.99. The largest absolute Gasteiger partial charge is 0.465 e. The van der Waals surface area contributed by atoms with Gasteiger partial charge < -0.3 is 4.74 Å². The van der Waals surface area contributed by atoms with Crippen LogP contribution >= 0.6 is 11.3 Å². The molecular formula is C20H22N2O6S2. The molecule has 8 nitrogen and oxygen atoms in total. The van der Waals surface area contributed by atoms with Gasteiger partial charge in [0.1, 0.15) is 10.3 Å². The van der Waals surface area contributed by atoms with Crippen LogP contribution in [0.2, 0.25) is 0 Å². The Kier molecular flexibility index (Phi) is 5.85. The van der Waals surface area contributed by atoms with Crippen molar-refractivity contribution in [3.8, 4) is 0 Å². The number of benzene rings is 1. The number of ether oxygens (including phenoxy) is 1. The highest BCUT2D eigenvalue weighted by atomic mass is 32.2. The molecule has 1 aromatic heterocycles. The summed E-state index contributed by atoms with van der Waals surface area (Å²) >= 11 is 1.06. The van der Waals surface area contributed by atoms with Crippen molar-refractivity contribution in [1.82, 2.24) is 4.31 Å². The number of hydrogen-bond acceptors (Lipinski definition) is 7. The number of thiophene rings is 1. The first kappa shape index (κ1) is 22.1. The Balaban J connectivity index is 1.98. The van der Waals surface area contributed by atoms with Gasteiger partial charge in [-0.3, -0.25) is 9.59 Å². The Morgan fingerprint density at radius 1 is 1.17 bits per heavy atom. The third-order valence-corrected chi connectivity index (χ3v) is 8.17. The second-order valence-electron chi connectivity index (χ2n) is 7.73. The van der Waals surface area contributed by atoms with Crippen LogP contribution in [-0.4, -0.2) is 49.2 Å². The monoisotopic (exact) mass is 450 g/mol. The molecule has 160 valence electrons. The standard InChI is InChI=1S/C20H22N2O6S2/c1-20(2,3)22(30(26,27)17-6-5-11-29-17)15-12-16(23)21(18(15)24)14-9-7-13(8-10-14)19(25)28-4/h5-11,15H,12H2,1-4H3. The van der Waals surface area contributed by atoms with E-state index in [4.69, 9.17) is 0 Å². The van der Waals surface area contributed by atoms with Crippen LogP contribution in [0, 0.1) is 0 Å². The molecule has 1 aliphatic rings. The third-order valence-electron chi connectivity index (χ3n) is 4.62. The van der Waals surface area contributed by atoms with Crippen LogP contribution in [0.4, 0.5) is 5.69 Å². The number of rotatable bonds is 5. The van der Waals surface area contributed by atoms with Gasteiger partial charge in [-0.25, -0.2) is 18.1 Å².